The summed E-state index contributed by atoms with van der Waals surface area (Å²) in [5.41, 5.74) is 3.62. The Labute approximate surface area is 222 Å². The van der Waals surface area contributed by atoms with Gasteiger partial charge in [-0.3, -0.25) is 0 Å². The summed E-state index contributed by atoms with van der Waals surface area (Å²) in [6.07, 6.45) is 4.88. The molecule has 1 heterocycles. The predicted molar refractivity (Wildman–Crippen MR) is 148 cm³/mol. The van der Waals surface area contributed by atoms with Crippen molar-refractivity contribution in [2.24, 2.45) is 11.8 Å². The number of hydrogen-bond acceptors (Lipinski definition) is 6. The van der Waals surface area contributed by atoms with E-state index < -0.39 is 0 Å². The maximum Gasteiger partial charge on any atom is 0.142 e. The van der Waals surface area contributed by atoms with Gasteiger partial charge in [-0.1, -0.05) is 32.0 Å². The zero-order chi connectivity index (χ0) is 26.2. The number of aliphatic hydroxyl groups is 1. The van der Waals surface area contributed by atoms with Crippen molar-refractivity contribution in [2.75, 3.05) is 45.4 Å². The van der Waals surface area contributed by atoms with Crippen LogP contribution in [0.3, 0.4) is 0 Å². The lowest BCUT2D eigenvalue weighted by Crippen LogP contribution is -2.34. The Morgan fingerprint density at radius 3 is 2.62 bits per heavy atom. The largest absolute Gasteiger partial charge is 0.497 e. The van der Waals surface area contributed by atoms with Gasteiger partial charge in [0.05, 0.1) is 38.2 Å². The number of hydrogen-bond donors (Lipinski definition) is 1. The number of fused-ring (bicyclic) bond motifs is 1. The SMILES string of the molecule is COCCCN1CCOc2ccc(CO[C@H]3CC[C@@H](C[C@@H](O)C(C)C)C[C@@H]3c3ccc(OC)cc3)cc21. The Hall–Kier alpha value is -2.28. The van der Waals surface area contributed by atoms with Crippen molar-refractivity contribution in [1.29, 1.82) is 0 Å². The number of anilines is 1. The van der Waals surface area contributed by atoms with Crippen molar-refractivity contribution in [2.45, 2.75) is 70.7 Å². The van der Waals surface area contributed by atoms with Gasteiger partial charge < -0.3 is 29.0 Å². The molecule has 37 heavy (non-hydrogen) atoms. The van der Waals surface area contributed by atoms with E-state index in [-0.39, 0.29) is 18.1 Å². The lowest BCUT2D eigenvalue weighted by Gasteiger charge is -2.38. The second-order valence-electron chi connectivity index (χ2n) is 10.9. The Balaban J connectivity index is 1.45. The van der Waals surface area contributed by atoms with E-state index in [1.54, 1.807) is 14.2 Å². The summed E-state index contributed by atoms with van der Waals surface area (Å²) in [7, 11) is 3.45. The molecule has 4 atom stereocenters. The number of ether oxygens (including phenoxy) is 4. The Morgan fingerprint density at radius 2 is 1.89 bits per heavy atom. The summed E-state index contributed by atoms with van der Waals surface area (Å²) in [5.74, 6) is 2.92. The normalized spacial score (nSPS) is 22.4. The van der Waals surface area contributed by atoms with Crippen LogP contribution in [0.4, 0.5) is 5.69 Å². The molecule has 0 unspecified atom stereocenters. The predicted octanol–water partition coefficient (Wildman–Crippen LogP) is 5.81. The van der Waals surface area contributed by atoms with Crippen molar-refractivity contribution < 1.29 is 24.1 Å². The molecular weight excluding hydrogens is 466 g/mol. The van der Waals surface area contributed by atoms with Crippen LogP contribution in [0.1, 0.15) is 63.0 Å². The fraction of sp³-hybridized carbons (Fsp3) is 0.613. The van der Waals surface area contributed by atoms with Gasteiger partial charge in [0.2, 0.25) is 0 Å². The van der Waals surface area contributed by atoms with Crippen LogP contribution in [0.2, 0.25) is 0 Å². The van der Waals surface area contributed by atoms with Crippen LogP contribution in [0.5, 0.6) is 11.5 Å². The van der Waals surface area contributed by atoms with Crippen LogP contribution in [-0.4, -0.2) is 57.8 Å². The maximum absolute atomic E-state index is 10.5. The van der Waals surface area contributed by atoms with Crippen LogP contribution in [0.15, 0.2) is 42.5 Å². The molecule has 204 valence electrons. The highest BCUT2D eigenvalue weighted by atomic mass is 16.5. The second-order valence-corrected chi connectivity index (χ2v) is 10.9. The van der Waals surface area contributed by atoms with E-state index in [2.05, 4.69) is 49.1 Å². The molecule has 0 radical (unpaired) electrons. The van der Waals surface area contributed by atoms with E-state index >= 15 is 0 Å². The van der Waals surface area contributed by atoms with Gasteiger partial charge >= 0.3 is 0 Å². The first kappa shape index (κ1) is 27.7. The van der Waals surface area contributed by atoms with Gasteiger partial charge in [0, 0.05) is 26.2 Å². The van der Waals surface area contributed by atoms with Gasteiger partial charge in [0.15, 0.2) is 0 Å². The summed E-state index contributed by atoms with van der Waals surface area (Å²) in [6, 6.07) is 14.9. The van der Waals surface area contributed by atoms with Crippen LogP contribution in [-0.2, 0) is 16.1 Å². The van der Waals surface area contributed by atoms with Gasteiger partial charge in [-0.2, -0.15) is 0 Å². The van der Waals surface area contributed by atoms with Crippen molar-refractivity contribution in [3.63, 3.8) is 0 Å². The second kappa shape index (κ2) is 13.5. The van der Waals surface area contributed by atoms with E-state index in [4.69, 9.17) is 18.9 Å². The van der Waals surface area contributed by atoms with E-state index in [1.807, 2.05) is 12.1 Å². The van der Waals surface area contributed by atoms with Gasteiger partial charge in [-0.15, -0.1) is 0 Å². The Bertz CT molecular complexity index is 963. The van der Waals surface area contributed by atoms with E-state index in [0.717, 1.165) is 69.0 Å². The first-order valence-electron chi connectivity index (χ1n) is 13.9. The Kier molecular flexibility index (Phi) is 10.1. The number of aliphatic hydroxyl groups excluding tert-OH is 1. The highest BCUT2D eigenvalue weighted by Gasteiger charge is 2.33. The first-order chi connectivity index (χ1) is 18.0. The molecule has 0 amide bonds. The molecule has 1 aliphatic carbocycles. The molecule has 1 saturated carbocycles. The smallest absolute Gasteiger partial charge is 0.142 e. The molecule has 1 aliphatic heterocycles. The summed E-state index contributed by atoms with van der Waals surface area (Å²) in [5, 5.41) is 10.5. The quantitative estimate of drug-likeness (QED) is 0.363. The lowest BCUT2D eigenvalue weighted by atomic mass is 9.73. The molecule has 0 bridgehead atoms. The number of benzene rings is 2. The summed E-state index contributed by atoms with van der Waals surface area (Å²) in [6.45, 7) is 8.11. The van der Waals surface area contributed by atoms with Crippen LogP contribution in [0.25, 0.3) is 0 Å². The van der Waals surface area contributed by atoms with Gasteiger partial charge in [-0.25, -0.2) is 0 Å². The van der Waals surface area contributed by atoms with Crippen LogP contribution in [0, 0.1) is 11.8 Å². The number of nitrogens with zero attached hydrogens (tertiary/aromatic N) is 1. The molecule has 2 aliphatic rings. The monoisotopic (exact) mass is 511 g/mol. The molecule has 1 N–H and O–H groups in total. The number of rotatable bonds is 12. The standard InChI is InChI=1S/C31H45NO5/c1-22(2)29(33)20-23-6-12-30(27(18-23)25-8-10-26(35-4)11-9-25)37-21-24-7-13-31-28(19-24)32(15-17-36-31)14-5-16-34-3/h7-11,13,19,22-23,27,29-30,33H,5-6,12,14-18,20-21H2,1-4H3/t23-,27-,29-,30+/m1/s1. The van der Waals surface area contributed by atoms with E-state index in [1.165, 1.54) is 11.1 Å². The van der Waals surface area contributed by atoms with Gasteiger partial charge in [0.25, 0.3) is 0 Å². The maximum atomic E-state index is 10.5. The highest BCUT2D eigenvalue weighted by Crippen LogP contribution is 2.41. The summed E-state index contributed by atoms with van der Waals surface area (Å²) < 4.78 is 23.2. The molecule has 0 aromatic heterocycles. The molecule has 0 saturated heterocycles. The minimum Gasteiger partial charge on any atom is -0.497 e. The van der Waals surface area contributed by atoms with E-state index in [9.17, 15) is 5.11 Å². The molecule has 4 rings (SSSR count). The summed E-state index contributed by atoms with van der Waals surface area (Å²) in [4.78, 5) is 2.40. The highest BCUT2D eigenvalue weighted by molar-refractivity contribution is 5.61. The van der Waals surface area contributed by atoms with Crippen LogP contribution >= 0.6 is 0 Å². The zero-order valence-electron chi connectivity index (χ0n) is 23.0. The van der Waals surface area contributed by atoms with Crippen molar-refractivity contribution in [1.82, 2.24) is 0 Å². The lowest BCUT2D eigenvalue weighted by molar-refractivity contribution is -0.0163. The van der Waals surface area contributed by atoms with E-state index in [0.29, 0.717) is 25.0 Å². The van der Waals surface area contributed by atoms with Crippen LogP contribution < -0.4 is 14.4 Å². The summed E-state index contributed by atoms with van der Waals surface area (Å²) >= 11 is 0. The zero-order valence-corrected chi connectivity index (χ0v) is 23.0. The first-order valence-corrected chi connectivity index (χ1v) is 13.9. The van der Waals surface area contributed by atoms with Crippen molar-refractivity contribution >= 4 is 5.69 Å². The molecular formula is C31H45NO5. The minimum absolute atomic E-state index is 0.144. The third kappa shape index (κ3) is 7.40. The third-order valence-electron chi connectivity index (χ3n) is 8.01. The van der Waals surface area contributed by atoms with Crippen molar-refractivity contribution in [3.8, 4) is 11.5 Å². The molecule has 1 fully saturated rings. The average molecular weight is 512 g/mol. The molecule has 0 spiro atoms. The van der Waals surface area contributed by atoms with Crippen molar-refractivity contribution in [3.05, 3.63) is 53.6 Å². The molecule has 6 nitrogen and oxygen atoms in total. The average Bonchev–Trinajstić information content (AvgIpc) is 2.92. The topological polar surface area (TPSA) is 60.4 Å². The third-order valence-corrected chi connectivity index (χ3v) is 8.01. The van der Waals surface area contributed by atoms with Gasteiger partial charge in [-0.05, 0) is 79.3 Å². The molecule has 2 aromatic rings. The van der Waals surface area contributed by atoms with Gasteiger partial charge in [0.1, 0.15) is 18.1 Å². The Morgan fingerprint density at radius 1 is 1.08 bits per heavy atom. The minimum atomic E-state index is -0.247. The number of methoxy groups -OCH3 is 2. The molecule has 2 aromatic carbocycles. The fourth-order valence-electron chi connectivity index (χ4n) is 5.70. The fourth-order valence-corrected chi connectivity index (χ4v) is 5.70. The molecule has 6 heteroatoms.